The molecule has 2 fully saturated rings. The molecule has 2 aliphatic heterocycles. The van der Waals surface area contributed by atoms with Gasteiger partial charge in [-0.05, 0) is 29.9 Å². The lowest BCUT2D eigenvalue weighted by Gasteiger charge is -2.29. The summed E-state index contributed by atoms with van der Waals surface area (Å²) in [5, 5.41) is 0. The predicted octanol–water partition coefficient (Wildman–Crippen LogP) is 0.529. The van der Waals surface area contributed by atoms with Crippen molar-refractivity contribution in [2.75, 3.05) is 13.1 Å². The van der Waals surface area contributed by atoms with E-state index in [-0.39, 0.29) is 29.4 Å². The van der Waals surface area contributed by atoms with E-state index in [0.717, 1.165) is 0 Å². The van der Waals surface area contributed by atoms with Crippen molar-refractivity contribution in [1.82, 2.24) is 14.2 Å². The van der Waals surface area contributed by atoms with Gasteiger partial charge in [0.15, 0.2) is 5.78 Å². The zero-order valence-corrected chi connectivity index (χ0v) is 17.4. The molecule has 0 radical (unpaired) electrons. The molecule has 8 nitrogen and oxygen atoms in total. The van der Waals surface area contributed by atoms with Gasteiger partial charge in [0.05, 0.1) is 24.4 Å². The molecule has 1 aromatic heterocycles. The number of rotatable bonds is 5. The highest BCUT2D eigenvalue weighted by molar-refractivity contribution is 7.88. The molecule has 0 spiro atoms. The predicted molar refractivity (Wildman–Crippen MR) is 105 cm³/mol. The number of carbonyl (C=O) groups excluding carboxylic acids is 2. The fourth-order valence-corrected chi connectivity index (χ4v) is 5.83. The summed E-state index contributed by atoms with van der Waals surface area (Å²) in [6.07, 6.45) is 4.02. The third-order valence-electron chi connectivity index (χ3n) is 5.24. The van der Waals surface area contributed by atoms with Crippen LogP contribution in [0.4, 0.5) is 0 Å². The molecule has 2 aliphatic rings. The van der Waals surface area contributed by atoms with Crippen LogP contribution in [0.25, 0.3) is 0 Å². The van der Waals surface area contributed by atoms with E-state index >= 15 is 0 Å². The number of aromatic nitrogens is 1. The van der Waals surface area contributed by atoms with Crippen molar-refractivity contribution >= 4 is 21.7 Å². The molecular formula is C19H28N4O4S. The van der Waals surface area contributed by atoms with Crippen LogP contribution in [0.3, 0.4) is 0 Å². The van der Waals surface area contributed by atoms with Crippen LogP contribution in [0.2, 0.25) is 0 Å². The SMILES string of the molecule is CC(C)(C)CC(N)C(=O)N1CCC2C1C(=O)CN2S(=O)(=O)Cc1cccnc1. The first-order chi connectivity index (χ1) is 13.0. The zero-order chi connectivity index (χ0) is 20.7. The van der Waals surface area contributed by atoms with Gasteiger partial charge < -0.3 is 10.6 Å². The molecule has 2 N–H and O–H groups in total. The van der Waals surface area contributed by atoms with Crippen LogP contribution >= 0.6 is 0 Å². The number of pyridine rings is 1. The average molecular weight is 409 g/mol. The monoisotopic (exact) mass is 408 g/mol. The number of sulfonamides is 1. The minimum Gasteiger partial charge on any atom is -0.330 e. The Kier molecular flexibility index (Phi) is 5.62. The average Bonchev–Trinajstić information content (AvgIpc) is 3.15. The van der Waals surface area contributed by atoms with Gasteiger partial charge in [-0.1, -0.05) is 26.8 Å². The lowest BCUT2D eigenvalue weighted by molar-refractivity contribution is -0.138. The topological polar surface area (TPSA) is 114 Å². The molecule has 28 heavy (non-hydrogen) atoms. The van der Waals surface area contributed by atoms with Crippen molar-refractivity contribution in [3.8, 4) is 0 Å². The second-order valence-electron chi connectivity index (χ2n) is 8.83. The minimum absolute atomic E-state index is 0.118. The number of ketones is 1. The smallest absolute Gasteiger partial charge is 0.240 e. The van der Waals surface area contributed by atoms with E-state index in [1.807, 2.05) is 20.8 Å². The Morgan fingerprint density at radius 1 is 1.39 bits per heavy atom. The Bertz CT molecular complexity index is 850. The summed E-state index contributed by atoms with van der Waals surface area (Å²) in [4.78, 5) is 30.9. The van der Waals surface area contributed by atoms with Crippen LogP contribution in [0, 0.1) is 5.41 Å². The van der Waals surface area contributed by atoms with Crippen LogP contribution in [-0.4, -0.2) is 65.5 Å². The molecule has 1 aromatic rings. The highest BCUT2D eigenvalue weighted by atomic mass is 32.2. The third kappa shape index (κ3) is 4.26. The fraction of sp³-hybridized carbons (Fsp3) is 0.632. The molecule has 1 amide bonds. The quantitative estimate of drug-likeness (QED) is 0.760. The lowest BCUT2D eigenvalue weighted by atomic mass is 9.88. The van der Waals surface area contributed by atoms with Crippen molar-refractivity contribution in [1.29, 1.82) is 0 Å². The van der Waals surface area contributed by atoms with Crippen molar-refractivity contribution in [2.24, 2.45) is 11.1 Å². The molecule has 0 aromatic carbocycles. The van der Waals surface area contributed by atoms with Crippen molar-refractivity contribution < 1.29 is 18.0 Å². The van der Waals surface area contributed by atoms with Gasteiger partial charge in [0, 0.05) is 18.9 Å². The standard InChI is InChI=1S/C19H28N4O4S/c1-19(2,3)9-14(20)18(25)22-8-6-15-17(22)16(24)11-23(15)28(26,27)12-13-5-4-7-21-10-13/h4-5,7,10,14-15,17H,6,8-9,11-12,20H2,1-3H3. The lowest BCUT2D eigenvalue weighted by Crippen LogP contribution is -2.50. The van der Waals surface area contributed by atoms with E-state index in [4.69, 9.17) is 5.73 Å². The summed E-state index contributed by atoms with van der Waals surface area (Å²) < 4.78 is 27.1. The first kappa shape index (κ1) is 20.9. The van der Waals surface area contributed by atoms with Crippen LogP contribution < -0.4 is 5.73 Å². The number of fused-ring (bicyclic) bond motifs is 1. The molecule has 0 saturated carbocycles. The first-order valence-electron chi connectivity index (χ1n) is 9.47. The summed E-state index contributed by atoms with van der Waals surface area (Å²) in [6.45, 7) is 6.15. The Morgan fingerprint density at radius 3 is 2.71 bits per heavy atom. The number of hydrogen-bond acceptors (Lipinski definition) is 6. The van der Waals surface area contributed by atoms with E-state index in [9.17, 15) is 18.0 Å². The molecule has 154 valence electrons. The van der Waals surface area contributed by atoms with Gasteiger partial charge in [-0.3, -0.25) is 14.6 Å². The van der Waals surface area contributed by atoms with Gasteiger partial charge in [-0.2, -0.15) is 4.31 Å². The molecule has 3 atom stereocenters. The molecular weight excluding hydrogens is 380 g/mol. The maximum absolute atomic E-state index is 12.9. The molecule has 0 bridgehead atoms. The maximum atomic E-state index is 12.9. The van der Waals surface area contributed by atoms with Gasteiger partial charge in [-0.15, -0.1) is 0 Å². The summed E-state index contributed by atoms with van der Waals surface area (Å²) in [6, 6.07) is 1.42. The minimum atomic E-state index is -3.70. The molecule has 0 aliphatic carbocycles. The third-order valence-corrected chi connectivity index (χ3v) is 7.05. The van der Waals surface area contributed by atoms with E-state index in [0.29, 0.717) is 24.9 Å². The summed E-state index contributed by atoms with van der Waals surface area (Å²) in [7, 11) is -3.70. The van der Waals surface area contributed by atoms with Crippen LogP contribution in [0.15, 0.2) is 24.5 Å². The highest BCUT2D eigenvalue weighted by Gasteiger charge is 2.53. The number of amides is 1. The molecule has 9 heteroatoms. The Hall–Kier alpha value is -1.84. The van der Waals surface area contributed by atoms with Crippen LogP contribution in [0.5, 0.6) is 0 Å². The molecule has 2 saturated heterocycles. The summed E-state index contributed by atoms with van der Waals surface area (Å²) >= 11 is 0. The van der Waals surface area contributed by atoms with E-state index in [1.54, 1.807) is 18.3 Å². The summed E-state index contributed by atoms with van der Waals surface area (Å²) in [5.41, 5.74) is 6.54. The summed E-state index contributed by atoms with van der Waals surface area (Å²) in [5.74, 6) is -0.731. The highest BCUT2D eigenvalue weighted by Crippen LogP contribution is 2.33. The van der Waals surface area contributed by atoms with E-state index in [2.05, 4.69) is 4.98 Å². The number of likely N-dealkylation sites (tertiary alicyclic amines) is 1. The van der Waals surface area contributed by atoms with Gasteiger partial charge >= 0.3 is 0 Å². The number of Topliss-reactive ketones (excluding diaryl/α,β-unsaturated/α-hetero) is 1. The molecule has 3 rings (SSSR count). The number of nitrogens with two attached hydrogens (primary N) is 1. The second kappa shape index (κ2) is 7.53. The van der Waals surface area contributed by atoms with Crippen molar-refractivity contribution in [3.05, 3.63) is 30.1 Å². The van der Waals surface area contributed by atoms with Gasteiger partial charge in [0.25, 0.3) is 0 Å². The first-order valence-corrected chi connectivity index (χ1v) is 11.1. The Morgan fingerprint density at radius 2 is 2.11 bits per heavy atom. The van der Waals surface area contributed by atoms with Crippen molar-refractivity contribution in [3.63, 3.8) is 0 Å². The molecule has 3 unspecified atom stereocenters. The van der Waals surface area contributed by atoms with Gasteiger partial charge in [-0.25, -0.2) is 8.42 Å². The Labute approximate surface area is 166 Å². The number of hydrogen-bond donors (Lipinski definition) is 1. The van der Waals surface area contributed by atoms with Crippen LogP contribution in [-0.2, 0) is 25.4 Å². The Balaban J connectivity index is 1.76. The van der Waals surface area contributed by atoms with Crippen molar-refractivity contribution in [2.45, 2.75) is 57.5 Å². The zero-order valence-electron chi connectivity index (χ0n) is 16.5. The second-order valence-corrected chi connectivity index (χ2v) is 10.8. The van der Waals surface area contributed by atoms with Crippen LogP contribution in [0.1, 0.15) is 39.2 Å². The fourth-order valence-electron chi connectivity index (χ4n) is 4.12. The van der Waals surface area contributed by atoms with Gasteiger partial charge in [0.1, 0.15) is 6.04 Å². The van der Waals surface area contributed by atoms with E-state index in [1.165, 1.54) is 15.4 Å². The largest absolute Gasteiger partial charge is 0.330 e. The molecule has 3 heterocycles. The normalized spacial score (nSPS) is 24.4. The number of carbonyl (C=O) groups is 2. The maximum Gasteiger partial charge on any atom is 0.240 e. The number of nitrogens with zero attached hydrogens (tertiary/aromatic N) is 3. The van der Waals surface area contributed by atoms with Gasteiger partial charge in [0.2, 0.25) is 15.9 Å². The van der Waals surface area contributed by atoms with E-state index < -0.39 is 28.1 Å².